The molecule has 0 spiro atoms. The lowest BCUT2D eigenvalue weighted by atomic mass is 9.36. The molecule has 0 bridgehead atoms. The van der Waals surface area contributed by atoms with Gasteiger partial charge in [-0.25, -0.2) is 0 Å². The van der Waals surface area contributed by atoms with Crippen molar-refractivity contribution in [3.63, 3.8) is 0 Å². The number of rotatable bonds is 0. The fourth-order valence-corrected chi connectivity index (χ4v) is 9.96. The number of ketones is 1. The molecule has 5 aliphatic rings. The Kier molecular flexibility index (Phi) is 4.52. The molecule has 0 aromatic heterocycles. The second-order valence-electron chi connectivity index (χ2n) is 14.0. The van der Waals surface area contributed by atoms with Gasteiger partial charge in [-0.2, -0.15) is 0 Å². The quantitative estimate of drug-likeness (QED) is 0.385. The van der Waals surface area contributed by atoms with E-state index in [4.69, 9.17) is 0 Å². The summed E-state index contributed by atoms with van der Waals surface area (Å²) in [5, 5.41) is 0. The summed E-state index contributed by atoms with van der Waals surface area (Å²) in [6.45, 7) is 19.9. The zero-order valence-electron chi connectivity index (χ0n) is 21.5. The predicted octanol–water partition coefficient (Wildman–Crippen LogP) is 8.15. The van der Waals surface area contributed by atoms with E-state index >= 15 is 0 Å². The average molecular weight is 423 g/mol. The highest BCUT2D eigenvalue weighted by atomic mass is 16.1. The third-order valence-electron chi connectivity index (χ3n) is 12.5. The third-order valence-corrected chi connectivity index (χ3v) is 12.5. The molecule has 4 saturated carbocycles. The van der Waals surface area contributed by atoms with Gasteiger partial charge in [-0.1, -0.05) is 78.7 Å². The summed E-state index contributed by atoms with van der Waals surface area (Å²) in [4.78, 5) is 12.9. The van der Waals surface area contributed by atoms with Gasteiger partial charge in [0.2, 0.25) is 0 Å². The second-order valence-corrected chi connectivity index (χ2v) is 14.0. The summed E-state index contributed by atoms with van der Waals surface area (Å²) < 4.78 is 0. The van der Waals surface area contributed by atoms with Crippen LogP contribution in [0.3, 0.4) is 0 Å². The molecule has 1 nitrogen and oxygen atoms in total. The summed E-state index contributed by atoms with van der Waals surface area (Å²) >= 11 is 0. The van der Waals surface area contributed by atoms with E-state index in [-0.39, 0.29) is 21.7 Å². The lowest BCUT2D eigenvalue weighted by Crippen LogP contribution is -2.60. The first-order chi connectivity index (χ1) is 14.3. The number of Topliss-reactive ketones (excluding diaryl/α,β-unsaturated/α-hetero) is 1. The van der Waals surface area contributed by atoms with Crippen LogP contribution in [0.4, 0.5) is 0 Å². The summed E-state index contributed by atoms with van der Waals surface area (Å²) in [5.41, 5.74) is 4.47. The number of carbonyl (C=O) groups is 1. The van der Waals surface area contributed by atoms with Crippen LogP contribution in [0, 0.1) is 50.7 Å². The molecule has 0 aromatic carbocycles. The zero-order chi connectivity index (χ0) is 22.6. The molecule has 8 atom stereocenters. The minimum Gasteiger partial charge on any atom is -0.299 e. The summed E-state index contributed by atoms with van der Waals surface area (Å²) in [7, 11) is 0. The van der Waals surface area contributed by atoms with Crippen LogP contribution in [-0.4, -0.2) is 5.78 Å². The number of fused-ring (bicyclic) bond motifs is 7. The van der Waals surface area contributed by atoms with Gasteiger partial charge in [0.1, 0.15) is 5.78 Å². The Labute approximate surface area is 191 Å². The van der Waals surface area contributed by atoms with E-state index in [1.54, 1.807) is 11.1 Å². The summed E-state index contributed by atoms with van der Waals surface area (Å²) in [6, 6.07) is 0. The van der Waals surface area contributed by atoms with E-state index in [1.807, 2.05) is 0 Å². The molecule has 0 unspecified atom stereocenters. The number of carbonyl (C=O) groups excluding carboxylic acids is 1. The molecule has 0 amide bonds. The molecule has 0 aromatic rings. The summed E-state index contributed by atoms with van der Waals surface area (Å²) in [6.07, 6.45) is 15.0. The third kappa shape index (κ3) is 2.53. The molecule has 0 radical (unpaired) electrons. The lowest BCUT2D eigenvalue weighted by molar-refractivity contribution is -0.144. The van der Waals surface area contributed by atoms with E-state index in [0.29, 0.717) is 17.1 Å². The molecule has 31 heavy (non-hydrogen) atoms. The Morgan fingerprint density at radius 3 is 2.23 bits per heavy atom. The molecule has 5 rings (SSSR count). The number of hydrogen-bond acceptors (Lipinski definition) is 1. The molecule has 4 fully saturated rings. The zero-order valence-corrected chi connectivity index (χ0v) is 21.5. The standard InChI is InChI=1S/C30H46O/c1-19-11-14-27(5)17-18-29(7)21(25(27)20(19)2)9-10-23-28(6)15-13-24(31)26(3,4)22(28)12-16-30(23,29)8/h9-10,19-20,22,25H,11-18H2,1-8H3/t19-,20+,22+,25+,27-,28+,29-,30-/m1/s1. The van der Waals surface area contributed by atoms with Crippen LogP contribution in [0.2, 0.25) is 0 Å². The topological polar surface area (TPSA) is 17.1 Å². The van der Waals surface area contributed by atoms with E-state index in [0.717, 1.165) is 30.6 Å². The maximum absolute atomic E-state index is 12.9. The Morgan fingerprint density at radius 2 is 1.52 bits per heavy atom. The fraction of sp³-hybridized carbons (Fsp3) is 0.833. The van der Waals surface area contributed by atoms with Crippen molar-refractivity contribution in [2.45, 2.75) is 107 Å². The maximum atomic E-state index is 12.9. The first kappa shape index (κ1) is 22.0. The highest BCUT2D eigenvalue weighted by Crippen LogP contribution is 2.74. The molecule has 172 valence electrons. The smallest absolute Gasteiger partial charge is 0.138 e. The van der Waals surface area contributed by atoms with Gasteiger partial charge >= 0.3 is 0 Å². The first-order valence-corrected chi connectivity index (χ1v) is 13.3. The van der Waals surface area contributed by atoms with Gasteiger partial charge in [0.15, 0.2) is 0 Å². The number of hydrogen-bond donors (Lipinski definition) is 0. The van der Waals surface area contributed by atoms with E-state index < -0.39 is 0 Å². The van der Waals surface area contributed by atoms with Crippen LogP contribution in [0.5, 0.6) is 0 Å². The Bertz CT molecular complexity index is 875. The van der Waals surface area contributed by atoms with Crippen LogP contribution in [0.1, 0.15) is 107 Å². The van der Waals surface area contributed by atoms with Gasteiger partial charge in [-0.3, -0.25) is 4.79 Å². The van der Waals surface area contributed by atoms with Crippen LogP contribution < -0.4 is 0 Å². The van der Waals surface area contributed by atoms with Crippen molar-refractivity contribution in [3.8, 4) is 0 Å². The predicted molar refractivity (Wildman–Crippen MR) is 130 cm³/mol. The maximum Gasteiger partial charge on any atom is 0.138 e. The first-order valence-electron chi connectivity index (χ1n) is 13.3. The fourth-order valence-electron chi connectivity index (χ4n) is 9.96. The van der Waals surface area contributed by atoms with Gasteiger partial charge in [-0.15, -0.1) is 0 Å². The van der Waals surface area contributed by atoms with Crippen LogP contribution in [0.15, 0.2) is 23.3 Å². The molecule has 0 heterocycles. The molecule has 0 saturated heterocycles. The van der Waals surface area contributed by atoms with Crippen molar-refractivity contribution in [1.29, 1.82) is 0 Å². The van der Waals surface area contributed by atoms with Crippen molar-refractivity contribution in [3.05, 3.63) is 23.3 Å². The van der Waals surface area contributed by atoms with E-state index in [1.165, 1.54) is 38.5 Å². The minimum absolute atomic E-state index is 0.168. The van der Waals surface area contributed by atoms with E-state index in [9.17, 15) is 4.79 Å². The van der Waals surface area contributed by atoms with Gasteiger partial charge in [0.05, 0.1) is 0 Å². The molecular weight excluding hydrogens is 376 g/mol. The Hall–Kier alpha value is -0.850. The normalized spacial score (nSPS) is 53.4. The Balaban J connectivity index is 1.65. The van der Waals surface area contributed by atoms with Crippen molar-refractivity contribution >= 4 is 5.78 Å². The molecular formula is C30H46O. The minimum atomic E-state index is -0.182. The van der Waals surface area contributed by atoms with Crippen molar-refractivity contribution < 1.29 is 4.79 Å². The van der Waals surface area contributed by atoms with Crippen LogP contribution >= 0.6 is 0 Å². The average Bonchev–Trinajstić information content (AvgIpc) is 2.69. The van der Waals surface area contributed by atoms with Gasteiger partial charge in [0.25, 0.3) is 0 Å². The molecule has 0 N–H and O–H groups in total. The van der Waals surface area contributed by atoms with Gasteiger partial charge in [0, 0.05) is 11.8 Å². The highest BCUT2D eigenvalue weighted by Gasteiger charge is 2.65. The molecule has 5 aliphatic carbocycles. The van der Waals surface area contributed by atoms with Crippen LogP contribution in [-0.2, 0) is 4.79 Å². The van der Waals surface area contributed by atoms with Crippen molar-refractivity contribution in [2.24, 2.45) is 50.7 Å². The lowest BCUT2D eigenvalue weighted by Gasteiger charge is -2.68. The monoisotopic (exact) mass is 422 g/mol. The van der Waals surface area contributed by atoms with Gasteiger partial charge in [-0.05, 0) is 90.3 Å². The summed E-state index contributed by atoms with van der Waals surface area (Å²) in [5.74, 6) is 3.33. The molecule has 1 heteroatoms. The van der Waals surface area contributed by atoms with Crippen LogP contribution in [0.25, 0.3) is 0 Å². The van der Waals surface area contributed by atoms with E-state index in [2.05, 4.69) is 67.5 Å². The van der Waals surface area contributed by atoms with Crippen molar-refractivity contribution in [1.82, 2.24) is 0 Å². The van der Waals surface area contributed by atoms with Gasteiger partial charge < -0.3 is 0 Å². The SMILES string of the molecule is C[C@H]1[C@H](C)CC[C@]2(C)CC[C@]3(C)C(=CC=C4[C@@]5(C)CCC(=O)C(C)(C)[C@@H]5CC[C@]43C)[C@H]12. The highest BCUT2D eigenvalue weighted by molar-refractivity contribution is 5.85. The van der Waals surface area contributed by atoms with Crippen molar-refractivity contribution in [2.75, 3.05) is 0 Å². The molecule has 0 aliphatic heterocycles. The largest absolute Gasteiger partial charge is 0.299 e. The number of allylic oxidation sites excluding steroid dienone is 4. The Morgan fingerprint density at radius 1 is 0.806 bits per heavy atom. The second kappa shape index (κ2) is 6.38.